The zero-order valence-corrected chi connectivity index (χ0v) is 12.9. The van der Waals surface area contributed by atoms with E-state index in [9.17, 15) is 0 Å². The van der Waals surface area contributed by atoms with Crippen LogP contribution in [0.2, 0.25) is 0 Å². The largest absolute Gasteiger partial charge is 0.438 e. The molecule has 4 nitrogen and oxygen atoms in total. The number of hydrogen-bond acceptors (Lipinski definition) is 4. The average Bonchev–Trinajstić information content (AvgIpc) is 2.52. The van der Waals surface area contributed by atoms with E-state index in [2.05, 4.69) is 31.2 Å². The zero-order chi connectivity index (χ0) is 14.5. The lowest BCUT2D eigenvalue weighted by atomic mass is 10.3. The Balaban J connectivity index is 1.68. The van der Waals surface area contributed by atoms with Crippen molar-refractivity contribution in [2.75, 3.05) is 5.32 Å². The van der Waals surface area contributed by atoms with Gasteiger partial charge in [0, 0.05) is 18.1 Å². The SMILES string of the molecule is BrC1=C(Oc2ccc(Nc3ccccn3)cc2)N=CCC1. The fraction of sp³-hybridized carbons (Fsp3) is 0.125. The van der Waals surface area contributed by atoms with Crippen LogP contribution < -0.4 is 10.1 Å². The molecule has 1 aliphatic rings. The molecular formula is C16H14BrN3O. The standard InChI is InChI=1S/C16H14BrN3O/c17-14-4-3-11-19-16(14)21-13-8-6-12(7-9-13)20-15-5-1-2-10-18-15/h1-2,5-11H,3-4H2,(H,18,20). The Labute approximate surface area is 131 Å². The predicted molar refractivity (Wildman–Crippen MR) is 88.3 cm³/mol. The Morgan fingerprint density at radius 1 is 1.10 bits per heavy atom. The van der Waals surface area contributed by atoms with E-state index in [4.69, 9.17) is 4.74 Å². The van der Waals surface area contributed by atoms with Crippen LogP contribution in [0.4, 0.5) is 11.5 Å². The first-order chi connectivity index (χ1) is 10.3. The third-order valence-electron chi connectivity index (χ3n) is 2.94. The second kappa shape index (κ2) is 6.54. The highest BCUT2D eigenvalue weighted by atomic mass is 79.9. The minimum absolute atomic E-state index is 0.631. The monoisotopic (exact) mass is 343 g/mol. The van der Waals surface area contributed by atoms with Gasteiger partial charge in [-0.15, -0.1) is 0 Å². The van der Waals surface area contributed by atoms with Gasteiger partial charge in [0.25, 0.3) is 0 Å². The summed E-state index contributed by atoms with van der Waals surface area (Å²) in [7, 11) is 0. The number of anilines is 2. The maximum atomic E-state index is 5.76. The van der Waals surface area contributed by atoms with E-state index in [0.29, 0.717) is 5.88 Å². The number of aromatic nitrogens is 1. The van der Waals surface area contributed by atoms with Crippen LogP contribution in [0.15, 0.2) is 64.0 Å². The predicted octanol–water partition coefficient (Wildman–Crippen LogP) is 4.63. The van der Waals surface area contributed by atoms with Gasteiger partial charge in [0.2, 0.25) is 5.88 Å². The van der Waals surface area contributed by atoms with Crippen LogP contribution >= 0.6 is 15.9 Å². The van der Waals surface area contributed by atoms with Crippen LogP contribution in [0, 0.1) is 0 Å². The van der Waals surface area contributed by atoms with Crippen molar-refractivity contribution in [3.63, 3.8) is 0 Å². The van der Waals surface area contributed by atoms with E-state index in [0.717, 1.165) is 34.6 Å². The molecule has 1 aromatic carbocycles. The van der Waals surface area contributed by atoms with E-state index >= 15 is 0 Å². The van der Waals surface area contributed by atoms with Crippen LogP contribution in [0.1, 0.15) is 12.8 Å². The first kappa shape index (κ1) is 13.8. The number of nitrogens with one attached hydrogen (secondary N) is 1. The molecule has 1 N–H and O–H groups in total. The molecule has 0 spiro atoms. The van der Waals surface area contributed by atoms with Crippen molar-refractivity contribution >= 4 is 33.6 Å². The third-order valence-corrected chi connectivity index (χ3v) is 3.68. The van der Waals surface area contributed by atoms with Gasteiger partial charge >= 0.3 is 0 Å². The summed E-state index contributed by atoms with van der Waals surface area (Å²) in [6, 6.07) is 13.5. The van der Waals surface area contributed by atoms with Gasteiger partial charge in [0.15, 0.2) is 0 Å². The van der Waals surface area contributed by atoms with E-state index in [-0.39, 0.29) is 0 Å². The number of aliphatic imine (C=N–C) groups is 1. The molecule has 0 radical (unpaired) electrons. The second-order valence-corrected chi connectivity index (χ2v) is 5.48. The van der Waals surface area contributed by atoms with Crippen molar-refractivity contribution in [2.45, 2.75) is 12.8 Å². The van der Waals surface area contributed by atoms with Gasteiger partial charge in [-0.25, -0.2) is 9.98 Å². The van der Waals surface area contributed by atoms with Crippen LogP contribution in [0.25, 0.3) is 0 Å². The van der Waals surface area contributed by atoms with Gasteiger partial charge in [-0.1, -0.05) is 6.07 Å². The molecule has 3 rings (SSSR count). The van der Waals surface area contributed by atoms with Crippen molar-refractivity contribution < 1.29 is 4.74 Å². The molecule has 1 aromatic heterocycles. The van der Waals surface area contributed by atoms with Crippen molar-refractivity contribution in [1.82, 2.24) is 4.98 Å². The lowest BCUT2D eigenvalue weighted by Gasteiger charge is -2.12. The molecule has 21 heavy (non-hydrogen) atoms. The summed E-state index contributed by atoms with van der Waals surface area (Å²) in [5.41, 5.74) is 0.959. The number of halogens is 1. The molecule has 0 bridgehead atoms. The van der Waals surface area contributed by atoms with Crippen LogP contribution in [-0.2, 0) is 0 Å². The number of ether oxygens (including phenoxy) is 1. The number of rotatable bonds is 4. The van der Waals surface area contributed by atoms with Gasteiger partial charge in [0.05, 0.1) is 4.48 Å². The Kier molecular flexibility index (Phi) is 4.31. The maximum Gasteiger partial charge on any atom is 0.229 e. The summed E-state index contributed by atoms with van der Waals surface area (Å²) in [5.74, 6) is 2.20. The lowest BCUT2D eigenvalue weighted by Crippen LogP contribution is -2.00. The molecule has 106 valence electrons. The molecule has 0 fully saturated rings. The van der Waals surface area contributed by atoms with Gasteiger partial charge in [-0.05, 0) is 65.2 Å². The lowest BCUT2D eigenvalue weighted by molar-refractivity contribution is 0.415. The van der Waals surface area contributed by atoms with Crippen molar-refractivity contribution in [1.29, 1.82) is 0 Å². The Hall–Kier alpha value is -2.14. The van der Waals surface area contributed by atoms with E-state index in [1.54, 1.807) is 6.20 Å². The summed E-state index contributed by atoms with van der Waals surface area (Å²) in [4.78, 5) is 8.48. The molecule has 0 amide bonds. The maximum absolute atomic E-state index is 5.76. The van der Waals surface area contributed by atoms with E-state index < -0.39 is 0 Å². The second-order valence-electron chi connectivity index (χ2n) is 4.53. The van der Waals surface area contributed by atoms with Crippen molar-refractivity contribution in [3.8, 4) is 5.75 Å². The van der Waals surface area contributed by atoms with Crippen LogP contribution in [0.3, 0.4) is 0 Å². The van der Waals surface area contributed by atoms with Crippen molar-refractivity contribution in [2.24, 2.45) is 4.99 Å². The molecule has 0 saturated carbocycles. The highest BCUT2D eigenvalue weighted by Gasteiger charge is 2.09. The summed E-state index contributed by atoms with van der Waals surface area (Å²) in [5, 5.41) is 3.23. The summed E-state index contributed by atoms with van der Waals surface area (Å²) in [6.45, 7) is 0. The van der Waals surface area contributed by atoms with Gasteiger partial charge in [-0.2, -0.15) is 0 Å². The van der Waals surface area contributed by atoms with Crippen LogP contribution in [0.5, 0.6) is 5.75 Å². The molecule has 2 aromatic rings. The molecular weight excluding hydrogens is 330 g/mol. The molecule has 0 atom stereocenters. The quantitative estimate of drug-likeness (QED) is 0.879. The topological polar surface area (TPSA) is 46.5 Å². The Morgan fingerprint density at radius 2 is 1.95 bits per heavy atom. The fourth-order valence-corrected chi connectivity index (χ4v) is 2.31. The number of pyridine rings is 1. The summed E-state index contributed by atoms with van der Waals surface area (Å²) < 4.78 is 6.76. The first-order valence-electron chi connectivity index (χ1n) is 6.68. The van der Waals surface area contributed by atoms with Crippen LogP contribution in [-0.4, -0.2) is 11.2 Å². The molecule has 5 heteroatoms. The highest BCUT2D eigenvalue weighted by molar-refractivity contribution is 9.11. The van der Waals surface area contributed by atoms with Gasteiger partial charge in [-0.3, -0.25) is 0 Å². The fourth-order valence-electron chi connectivity index (χ4n) is 1.90. The number of hydrogen-bond donors (Lipinski definition) is 1. The highest BCUT2D eigenvalue weighted by Crippen LogP contribution is 2.26. The summed E-state index contributed by atoms with van der Waals surface area (Å²) in [6.07, 6.45) is 5.50. The Bertz CT molecular complexity index is 666. The zero-order valence-electron chi connectivity index (χ0n) is 11.3. The number of benzene rings is 1. The van der Waals surface area contributed by atoms with Gasteiger partial charge in [0.1, 0.15) is 11.6 Å². The van der Waals surface area contributed by atoms with E-state index in [1.807, 2.05) is 48.7 Å². The van der Waals surface area contributed by atoms with Crippen molar-refractivity contribution in [3.05, 3.63) is 59.0 Å². The minimum atomic E-state index is 0.631. The normalized spacial score (nSPS) is 14.1. The first-order valence-corrected chi connectivity index (χ1v) is 7.48. The molecule has 0 unspecified atom stereocenters. The number of allylic oxidation sites excluding steroid dienone is 1. The third kappa shape index (κ3) is 3.70. The minimum Gasteiger partial charge on any atom is -0.438 e. The molecule has 1 aliphatic heterocycles. The number of nitrogens with zero attached hydrogens (tertiary/aromatic N) is 2. The summed E-state index contributed by atoms with van der Waals surface area (Å²) >= 11 is 3.49. The molecule has 0 aliphatic carbocycles. The Morgan fingerprint density at radius 3 is 2.67 bits per heavy atom. The van der Waals surface area contributed by atoms with Gasteiger partial charge < -0.3 is 10.1 Å². The average molecular weight is 344 g/mol. The molecule has 0 saturated heterocycles. The molecule has 2 heterocycles. The van der Waals surface area contributed by atoms with E-state index in [1.165, 1.54) is 0 Å². The smallest absolute Gasteiger partial charge is 0.229 e.